The first-order chi connectivity index (χ1) is 15.2. The van der Waals surface area contributed by atoms with Gasteiger partial charge in [0.25, 0.3) is 11.8 Å². The number of benzene rings is 2. The maximum Gasteiger partial charge on any atom is 0.274 e. The summed E-state index contributed by atoms with van der Waals surface area (Å²) in [5.74, 6) is -0.410. The highest BCUT2D eigenvalue weighted by Gasteiger charge is 2.24. The van der Waals surface area contributed by atoms with Gasteiger partial charge in [0.2, 0.25) is 0 Å². The van der Waals surface area contributed by atoms with Gasteiger partial charge in [0.1, 0.15) is 11.4 Å². The molecule has 2 amide bonds. The molecule has 1 saturated carbocycles. The van der Waals surface area contributed by atoms with Crippen molar-refractivity contribution in [3.8, 4) is 16.3 Å². The quantitative estimate of drug-likeness (QED) is 0.466. The lowest BCUT2D eigenvalue weighted by Crippen LogP contribution is -2.25. The Kier molecular flexibility index (Phi) is 5.09. The molecule has 0 spiro atoms. The third-order valence-electron chi connectivity index (χ3n) is 5.01. The van der Waals surface area contributed by atoms with Crippen molar-refractivity contribution in [2.24, 2.45) is 0 Å². The van der Waals surface area contributed by atoms with Gasteiger partial charge in [0.05, 0.1) is 10.6 Å². The van der Waals surface area contributed by atoms with Gasteiger partial charge >= 0.3 is 0 Å². The fourth-order valence-corrected chi connectivity index (χ4v) is 3.96. The number of nitrogens with one attached hydrogen (secondary N) is 2. The van der Waals surface area contributed by atoms with Crippen molar-refractivity contribution >= 4 is 28.8 Å². The summed E-state index contributed by atoms with van der Waals surface area (Å²) in [6, 6.07) is 22.5. The number of aromatic nitrogens is 2. The van der Waals surface area contributed by atoms with E-state index >= 15 is 0 Å². The van der Waals surface area contributed by atoms with E-state index in [1.54, 1.807) is 46.4 Å². The van der Waals surface area contributed by atoms with Crippen molar-refractivity contribution < 1.29 is 9.59 Å². The zero-order chi connectivity index (χ0) is 21.2. The van der Waals surface area contributed by atoms with Crippen LogP contribution in [0.4, 0.5) is 5.69 Å². The minimum atomic E-state index is -0.293. The van der Waals surface area contributed by atoms with Gasteiger partial charge in [-0.15, -0.1) is 11.3 Å². The van der Waals surface area contributed by atoms with E-state index < -0.39 is 0 Å². The zero-order valence-corrected chi connectivity index (χ0v) is 17.4. The molecule has 0 aliphatic heterocycles. The second-order valence-corrected chi connectivity index (χ2v) is 8.37. The summed E-state index contributed by atoms with van der Waals surface area (Å²) in [6.07, 6.45) is 2.05. The normalized spacial score (nSPS) is 13.0. The molecule has 6 nitrogen and oxygen atoms in total. The second kappa shape index (κ2) is 8.20. The fraction of sp³-hybridized carbons (Fsp3) is 0.125. The number of carbonyl (C=O) groups is 2. The minimum Gasteiger partial charge on any atom is -0.349 e. The molecular formula is C24H20N4O2S. The van der Waals surface area contributed by atoms with E-state index in [-0.39, 0.29) is 17.9 Å². The van der Waals surface area contributed by atoms with Crippen molar-refractivity contribution in [1.29, 1.82) is 0 Å². The Hall–Kier alpha value is -3.71. The highest BCUT2D eigenvalue weighted by Crippen LogP contribution is 2.26. The number of thiophene rings is 1. The van der Waals surface area contributed by atoms with Crippen LogP contribution in [-0.4, -0.2) is 27.6 Å². The van der Waals surface area contributed by atoms with Crippen LogP contribution >= 0.6 is 11.3 Å². The maximum atomic E-state index is 13.2. The molecule has 2 N–H and O–H groups in total. The lowest BCUT2D eigenvalue weighted by atomic mass is 10.2. The first-order valence-electron chi connectivity index (χ1n) is 10.1. The molecule has 1 aliphatic rings. The molecule has 31 heavy (non-hydrogen) atoms. The van der Waals surface area contributed by atoms with Gasteiger partial charge in [-0.2, -0.15) is 5.10 Å². The number of nitrogens with zero attached hydrogens (tertiary/aromatic N) is 2. The zero-order valence-electron chi connectivity index (χ0n) is 16.6. The summed E-state index contributed by atoms with van der Waals surface area (Å²) in [5.41, 5.74) is 3.05. The number of para-hydroxylation sites is 1. The fourth-order valence-electron chi connectivity index (χ4n) is 3.28. The van der Waals surface area contributed by atoms with Crippen LogP contribution in [0.1, 0.15) is 33.7 Å². The number of carbonyl (C=O) groups excluding carboxylic acids is 2. The van der Waals surface area contributed by atoms with Crippen LogP contribution in [0.2, 0.25) is 0 Å². The largest absolute Gasteiger partial charge is 0.349 e. The molecule has 2 aromatic heterocycles. The predicted molar refractivity (Wildman–Crippen MR) is 122 cm³/mol. The summed E-state index contributed by atoms with van der Waals surface area (Å²) in [5, 5.41) is 12.5. The number of hydrogen-bond donors (Lipinski definition) is 2. The molecule has 0 unspecified atom stereocenters. The Morgan fingerprint density at radius 2 is 1.77 bits per heavy atom. The Labute approximate surface area is 183 Å². The SMILES string of the molecule is O=C(NC1CC1)c1cccc(NC(=O)c2cc(-c3cccs3)nn2-c2ccccc2)c1. The second-order valence-electron chi connectivity index (χ2n) is 7.42. The van der Waals surface area contributed by atoms with E-state index in [0.29, 0.717) is 16.9 Å². The molecule has 0 radical (unpaired) electrons. The van der Waals surface area contributed by atoms with E-state index in [0.717, 1.165) is 29.1 Å². The molecular weight excluding hydrogens is 408 g/mol. The first-order valence-corrected chi connectivity index (χ1v) is 11.0. The van der Waals surface area contributed by atoms with Crippen molar-refractivity contribution in [3.05, 3.63) is 89.4 Å². The van der Waals surface area contributed by atoms with Crippen LogP contribution in [0.5, 0.6) is 0 Å². The van der Waals surface area contributed by atoms with Crippen molar-refractivity contribution in [2.45, 2.75) is 18.9 Å². The summed E-state index contributed by atoms with van der Waals surface area (Å²) < 4.78 is 1.65. The average Bonchev–Trinajstić information content (AvgIpc) is 3.27. The molecule has 2 aromatic carbocycles. The first kappa shape index (κ1) is 19.3. The molecule has 0 atom stereocenters. The number of hydrogen-bond acceptors (Lipinski definition) is 4. The Morgan fingerprint density at radius 3 is 2.52 bits per heavy atom. The molecule has 4 aromatic rings. The molecule has 0 bridgehead atoms. The van der Waals surface area contributed by atoms with Crippen LogP contribution in [0.3, 0.4) is 0 Å². The molecule has 0 saturated heterocycles. The van der Waals surface area contributed by atoms with E-state index in [4.69, 9.17) is 0 Å². The van der Waals surface area contributed by atoms with E-state index in [1.165, 1.54) is 0 Å². The summed E-state index contributed by atoms with van der Waals surface area (Å²) in [4.78, 5) is 26.5. The lowest BCUT2D eigenvalue weighted by Gasteiger charge is -2.10. The maximum absolute atomic E-state index is 13.2. The van der Waals surface area contributed by atoms with Crippen molar-refractivity contribution in [3.63, 3.8) is 0 Å². The highest BCUT2D eigenvalue weighted by atomic mass is 32.1. The van der Waals surface area contributed by atoms with Crippen LogP contribution in [0.15, 0.2) is 78.2 Å². The molecule has 2 heterocycles. The molecule has 5 rings (SSSR count). The predicted octanol–water partition coefficient (Wildman–Crippen LogP) is 4.75. The van der Waals surface area contributed by atoms with Crippen LogP contribution in [0.25, 0.3) is 16.3 Å². The topological polar surface area (TPSA) is 76.0 Å². The van der Waals surface area contributed by atoms with Gasteiger partial charge in [-0.05, 0) is 60.7 Å². The molecule has 1 fully saturated rings. The van der Waals surface area contributed by atoms with Crippen LogP contribution in [-0.2, 0) is 0 Å². The average molecular weight is 429 g/mol. The summed E-state index contributed by atoms with van der Waals surface area (Å²) in [6.45, 7) is 0. The van der Waals surface area contributed by atoms with Gasteiger partial charge < -0.3 is 10.6 Å². The van der Waals surface area contributed by atoms with Crippen LogP contribution in [0, 0.1) is 0 Å². The molecule has 1 aliphatic carbocycles. The van der Waals surface area contributed by atoms with E-state index in [2.05, 4.69) is 15.7 Å². The lowest BCUT2D eigenvalue weighted by molar-refractivity contribution is 0.0949. The monoisotopic (exact) mass is 428 g/mol. The van der Waals surface area contributed by atoms with Crippen molar-refractivity contribution in [1.82, 2.24) is 15.1 Å². The Balaban J connectivity index is 1.44. The van der Waals surface area contributed by atoms with Gasteiger partial charge in [-0.25, -0.2) is 4.68 Å². The number of rotatable bonds is 6. The minimum absolute atomic E-state index is 0.118. The number of amides is 2. The van der Waals surface area contributed by atoms with Gasteiger partial charge in [0, 0.05) is 17.3 Å². The third kappa shape index (κ3) is 4.27. The number of anilines is 1. The van der Waals surface area contributed by atoms with Gasteiger partial charge in [-0.1, -0.05) is 30.3 Å². The van der Waals surface area contributed by atoms with Gasteiger partial charge in [0.15, 0.2) is 0 Å². The summed E-state index contributed by atoms with van der Waals surface area (Å²) >= 11 is 1.57. The third-order valence-corrected chi connectivity index (χ3v) is 5.90. The molecule has 154 valence electrons. The van der Waals surface area contributed by atoms with E-state index in [9.17, 15) is 9.59 Å². The smallest absolute Gasteiger partial charge is 0.274 e. The molecule has 7 heteroatoms. The highest BCUT2D eigenvalue weighted by molar-refractivity contribution is 7.13. The van der Waals surface area contributed by atoms with Gasteiger partial charge in [-0.3, -0.25) is 9.59 Å². The van der Waals surface area contributed by atoms with E-state index in [1.807, 2.05) is 47.8 Å². The van der Waals surface area contributed by atoms with Crippen molar-refractivity contribution in [2.75, 3.05) is 5.32 Å². The Bertz CT molecular complexity index is 1230. The summed E-state index contributed by atoms with van der Waals surface area (Å²) in [7, 11) is 0. The van der Waals surface area contributed by atoms with Crippen LogP contribution < -0.4 is 10.6 Å². The standard InChI is InChI=1S/C24H20N4O2S/c29-23(25-17-11-12-17)16-6-4-7-18(14-16)26-24(30)21-15-20(22-10-5-13-31-22)27-28(21)19-8-2-1-3-9-19/h1-10,13-15,17H,11-12H2,(H,25,29)(H,26,30). The Morgan fingerprint density at radius 1 is 0.935 bits per heavy atom.